The fraction of sp³-hybridized carbons (Fsp3) is 0.400. The second-order valence-corrected chi connectivity index (χ2v) is 3.48. The van der Waals surface area contributed by atoms with Crippen LogP contribution in [0.4, 0.5) is 4.39 Å². The van der Waals surface area contributed by atoms with Crippen LogP contribution in [0.5, 0.6) is 0 Å². The number of halogens is 2. The highest BCUT2D eigenvalue weighted by molar-refractivity contribution is 6.30. The Bertz CT molecular complexity index is 268. The van der Waals surface area contributed by atoms with Crippen molar-refractivity contribution in [2.24, 2.45) is 0 Å². The van der Waals surface area contributed by atoms with Crippen molar-refractivity contribution in [2.75, 3.05) is 0 Å². The van der Waals surface area contributed by atoms with Gasteiger partial charge >= 0.3 is 0 Å². The summed E-state index contributed by atoms with van der Waals surface area (Å²) in [6.07, 6.45) is 0.695. The lowest BCUT2D eigenvalue weighted by Gasteiger charge is -2.07. The molecule has 0 heterocycles. The molecule has 0 bridgehead atoms. The van der Waals surface area contributed by atoms with Gasteiger partial charge in [-0.1, -0.05) is 18.5 Å². The van der Waals surface area contributed by atoms with E-state index < -0.39 is 6.10 Å². The van der Waals surface area contributed by atoms with Crippen molar-refractivity contribution < 1.29 is 9.50 Å². The monoisotopic (exact) mass is 202 g/mol. The van der Waals surface area contributed by atoms with Crippen LogP contribution in [0, 0.1) is 5.82 Å². The molecule has 1 N–H and O–H groups in total. The zero-order valence-corrected chi connectivity index (χ0v) is 8.18. The first-order chi connectivity index (χ1) is 6.11. The van der Waals surface area contributed by atoms with E-state index in [2.05, 4.69) is 0 Å². The number of benzene rings is 1. The minimum absolute atomic E-state index is 0.356. The summed E-state index contributed by atoms with van der Waals surface area (Å²) in [5.41, 5.74) is 0.736. The van der Waals surface area contributed by atoms with E-state index in [1.54, 1.807) is 6.07 Å². The Morgan fingerprint density at radius 1 is 1.46 bits per heavy atom. The maximum atomic E-state index is 12.8. The second-order valence-electron chi connectivity index (χ2n) is 3.04. The molecule has 3 heteroatoms. The molecule has 1 atom stereocenters. The Balaban J connectivity index is 2.77. The Labute approximate surface area is 82.2 Å². The van der Waals surface area contributed by atoms with Gasteiger partial charge in [-0.15, -0.1) is 0 Å². The first-order valence-electron chi connectivity index (χ1n) is 4.25. The van der Waals surface area contributed by atoms with E-state index in [0.29, 0.717) is 17.9 Å². The molecule has 0 radical (unpaired) electrons. The second kappa shape index (κ2) is 4.58. The molecule has 0 saturated carbocycles. The Morgan fingerprint density at radius 3 is 2.69 bits per heavy atom. The highest BCUT2D eigenvalue weighted by Crippen LogP contribution is 2.15. The van der Waals surface area contributed by atoms with Crippen LogP contribution >= 0.6 is 11.6 Å². The minimum atomic E-state index is -0.419. The molecule has 0 aliphatic heterocycles. The van der Waals surface area contributed by atoms with Crippen LogP contribution in [-0.2, 0) is 6.42 Å². The van der Waals surface area contributed by atoms with E-state index in [1.165, 1.54) is 12.1 Å². The summed E-state index contributed by atoms with van der Waals surface area (Å²) in [6, 6.07) is 4.32. The molecule has 1 unspecified atom stereocenters. The Morgan fingerprint density at radius 2 is 2.15 bits per heavy atom. The molecule has 0 spiro atoms. The average molecular weight is 203 g/mol. The number of rotatable bonds is 3. The summed E-state index contributed by atoms with van der Waals surface area (Å²) in [5.74, 6) is -0.356. The molecule has 1 aromatic rings. The van der Waals surface area contributed by atoms with Gasteiger partial charge in [-0.2, -0.15) is 0 Å². The minimum Gasteiger partial charge on any atom is -0.393 e. The predicted octanol–water partition coefficient (Wildman–Crippen LogP) is 2.79. The largest absolute Gasteiger partial charge is 0.393 e. The van der Waals surface area contributed by atoms with Crippen molar-refractivity contribution in [3.63, 3.8) is 0 Å². The van der Waals surface area contributed by atoms with E-state index >= 15 is 0 Å². The van der Waals surface area contributed by atoms with E-state index in [-0.39, 0.29) is 5.82 Å². The number of aliphatic hydroxyl groups excluding tert-OH is 1. The molecule has 13 heavy (non-hydrogen) atoms. The van der Waals surface area contributed by atoms with Crippen molar-refractivity contribution in [1.29, 1.82) is 0 Å². The Kier molecular flexibility index (Phi) is 3.70. The van der Waals surface area contributed by atoms with Crippen molar-refractivity contribution in [2.45, 2.75) is 25.9 Å². The van der Waals surface area contributed by atoms with Crippen molar-refractivity contribution >= 4 is 11.6 Å². The summed E-state index contributed by atoms with van der Waals surface area (Å²) in [5, 5.41) is 9.70. The van der Waals surface area contributed by atoms with Crippen LogP contribution in [-0.4, -0.2) is 11.2 Å². The lowest BCUT2D eigenvalue weighted by atomic mass is 10.1. The van der Waals surface area contributed by atoms with Gasteiger partial charge in [0.2, 0.25) is 0 Å². The molecule has 0 aromatic heterocycles. The quantitative estimate of drug-likeness (QED) is 0.799. The van der Waals surface area contributed by atoms with Gasteiger partial charge in [0.25, 0.3) is 0 Å². The van der Waals surface area contributed by atoms with Gasteiger partial charge in [0, 0.05) is 5.02 Å². The van der Waals surface area contributed by atoms with Gasteiger partial charge in [-0.25, -0.2) is 4.39 Å². The van der Waals surface area contributed by atoms with Crippen molar-refractivity contribution in [1.82, 2.24) is 0 Å². The summed E-state index contributed by atoms with van der Waals surface area (Å²) < 4.78 is 12.8. The fourth-order valence-corrected chi connectivity index (χ4v) is 1.39. The van der Waals surface area contributed by atoms with Crippen LogP contribution in [0.1, 0.15) is 18.9 Å². The van der Waals surface area contributed by atoms with Gasteiger partial charge in [0.1, 0.15) is 5.82 Å². The average Bonchev–Trinajstić information content (AvgIpc) is 2.02. The summed E-state index contributed by atoms with van der Waals surface area (Å²) in [4.78, 5) is 0. The molecule has 0 aliphatic rings. The van der Waals surface area contributed by atoms with Gasteiger partial charge in [-0.3, -0.25) is 0 Å². The normalized spacial score (nSPS) is 12.9. The van der Waals surface area contributed by atoms with E-state index in [9.17, 15) is 9.50 Å². The standard InChI is InChI=1S/C10H12ClFO/c1-2-10(13)5-7-3-8(11)6-9(12)4-7/h3-4,6,10,13H,2,5H2,1H3. The summed E-state index contributed by atoms with van der Waals surface area (Å²) in [6.45, 7) is 1.88. The van der Waals surface area contributed by atoms with E-state index in [0.717, 1.165) is 5.56 Å². The van der Waals surface area contributed by atoms with E-state index in [4.69, 9.17) is 11.6 Å². The fourth-order valence-electron chi connectivity index (χ4n) is 1.15. The lowest BCUT2D eigenvalue weighted by Crippen LogP contribution is -2.08. The third kappa shape index (κ3) is 3.33. The smallest absolute Gasteiger partial charge is 0.124 e. The van der Waals surface area contributed by atoms with Crippen LogP contribution in [0.3, 0.4) is 0 Å². The zero-order valence-electron chi connectivity index (χ0n) is 7.43. The van der Waals surface area contributed by atoms with Crippen LogP contribution in [0.15, 0.2) is 18.2 Å². The highest BCUT2D eigenvalue weighted by atomic mass is 35.5. The van der Waals surface area contributed by atoms with Crippen molar-refractivity contribution in [3.8, 4) is 0 Å². The van der Waals surface area contributed by atoms with Crippen LogP contribution in [0.25, 0.3) is 0 Å². The molecule has 1 aromatic carbocycles. The molecule has 72 valence electrons. The van der Waals surface area contributed by atoms with Gasteiger partial charge in [0.15, 0.2) is 0 Å². The number of hydrogen-bond donors (Lipinski definition) is 1. The molecule has 1 nitrogen and oxygen atoms in total. The molecule has 0 fully saturated rings. The van der Waals surface area contributed by atoms with Gasteiger partial charge < -0.3 is 5.11 Å². The first-order valence-corrected chi connectivity index (χ1v) is 4.62. The van der Waals surface area contributed by atoms with E-state index in [1.807, 2.05) is 6.92 Å². The maximum absolute atomic E-state index is 12.8. The molecule has 1 rings (SSSR count). The zero-order chi connectivity index (χ0) is 9.84. The predicted molar refractivity (Wildman–Crippen MR) is 51.4 cm³/mol. The van der Waals surface area contributed by atoms with Crippen molar-refractivity contribution in [3.05, 3.63) is 34.6 Å². The number of hydrogen-bond acceptors (Lipinski definition) is 1. The van der Waals surface area contributed by atoms with Crippen LogP contribution in [0.2, 0.25) is 5.02 Å². The maximum Gasteiger partial charge on any atom is 0.124 e. The third-order valence-electron chi connectivity index (χ3n) is 1.86. The molecular weight excluding hydrogens is 191 g/mol. The highest BCUT2D eigenvalue weighted by Gasteiger charge is 2.04. The molecule has 0 aliphatic carbocycles. The summed E-state index contributed by atoms with van der Waals surface area (Å²) >= 11 is 5.66. The SMILES string of the molecule is CCC(O)Cc1cc(F)cc(Cl)c1. The lowest BCUT2D eigenvalue weighted by molar-refractivity contribution is 0.170. The van der Waals surface area contributed by atoms with Gasteiger partial charge in [0.05, 0.1) is 6.10 Å². The number of aliphatic hydroxyl groups is 1. The Hall–Kier alpha value is -0.600. The van der Waals surface area contributed by atoms with Gasteiger partial charge in [-0.05, 0) is 36.6 Å². The topological polar surface area (TPSA) is 20.2 Å². The summed E-state index contributed by atoms with van der Waals surface area (Å²) in [7, 11) is 0. The molecule has 0 saturated heterocycles. The van der Waals surface area contributed by atoms with Crippen LogP contribution < -0.4 is 0 Å². The molecule has 0 amide bonds. The first kappa shape index (κ1) is 10.5. The molecular formula is C10H12ClFO. The third-order valence-corrected chi connectivity index (χ3v) is 2.08.